The molecule has 2 atom stereocenters. The number of benzene rings is 1. The van der Waals surface area contributed by atoms with Crippen LogP contribution >= 0.6 is 0 Å². The zero-order valence-electron chi connectivity index (χ0n) is 8.24. The minimum Gasteiger partial charge on any atom is -0.327 e. The van der Waals surface area contributed by atoms with Gasteiger partial charge in [-0.3, -0.25) is 0 Å². The Morgan fingerprint density at radius 3 is 2.46 bits per heavy atom. The van der Waals surface area contributed by atoms with E-state index in [0.717, 1.165) is 12.8 Å². The Bertz CT molecular complexity index is 230. The molecule has 1 rings (SSSR count). The molecular weight excluding hydrogens is 158 g/mol. The van der Waals surface area contributed by atoms with Crippen molar-refractivity contribution in [2.45, 2.75) is 25.8 Å². The Hall–Kier alpha value is -0.820. The van der Waals surface area contributed by atoms with E-state index in [0.29, 0.717) is 5.92 Å². The molecule has 0 spiro atoms. The molecule has 71 valence electrons. The predicted molar refractivity (Wildman–Crippen MR) is 57.3 cm³/mol. The third kappa shape index (κ3) is 3.19. The van der Waals surface area contributed by atoms with E-state index in [1.807, 2.05) is 6.07 Å². The second-order valence-corrected chi connectivity index (χ2v) is 3.52. The number of hydrogen-bond acceptors (Lipinski definition) is 1. The first-order chi connectivity index (χ1) is 6.24. The fraction of sp³-hybridized carbons (Fsp3) is 0.417. The zero-order valence-corrected chi connectivity index (χ0v) is 8.24. The topological polar surface area (TPSA) is 26.0 Å². The van der Waals surface area contributed by atoms with Crippen molar-refractivity contribution in [1.82, 2.24) is 0 Å². The van der Waals surface area contributed by atoms with Gasteiger partial charge in [-0.15, -0.1) is 0 Å². The number of hydrogen-bond donors (Lipinski definition) is 1. The summed E-state index contributed by atoms with van der Waals surface area (Å²) in [5.41, 5.74) is 7.23. The highest BCUT2D eigenvalue weighted by atomic mass is 14.6. The Morgan fingerprint density at radius 2 is 1.92 bits per heavy atom. The average Bonchev–Trinajstić information content (AvgIpc) is 2.18. The summed E-state index contributed by atoms with van der Waals surface area (Å²) >= 11 is 0. The molecule has 1 heteroatoms. The summed E-state index contributed by atoms with van der Waals surface area (Å²) in [6.45, 7) is 6.18. The van der Waals surface area contributed by atoms with Crippen LogP contribution in [0.15, 0.2) is 30.3 Å². The van der Waals surface area contributed by atoms with Crippen molar-refractivity contribution in [3.8, 4) is 0 Å². The van der Waals surface area contributed by atoms with E-state index in [4.69, 9.17) is 5.73 Å². The second-order valence-electron chi connectivity index (χ2n) is 3.52. The maximum absolute atomic E-state index is 5.90. The van der Waals surface area contributed by atoms with Crippen LogP contribution in [0.3, 0.4) is 0 Å². The molecule has 0 saturated heterocycles. The van der Waals surface area contributed by atoms with E-state index < -0.39 is 0 Å². The predicted octanol–water partition coefficient (Wildman–Crippen LogP) is 2.42. The molecule has 2 unspecified atom stereocenters. The van der Waals surface area contributed by atoms with Crippen LogP contribution in [0.25, 0.3) is 0 Å². The van der Waals surface area contributed by atoms with E-state index in [9.17, 15) is 0 Å². The molecule has 0 bridgehead atoms. The van der Waals surface area contributed by atoms with Gasteiger partial charge in [0.15, 0.2) is 0 Å². The van der Waals surface area contributed by atoms with Gasteiger partial charge >= 0.3 is 0 Å². The van der Waals surface area contributed by atoms with Gasteiger partial charge in [-0.2, -0.15) is 0 Å². The minimum atomic E-state index is 0.222. The summed E-state index contributed by atoms with van der Waals surface area (Å²) in [4.78, 5) is 0. The first-order valence-electron chi connectivity index (χ1n) is 4.86. The van der Waals surface area contributed by atoms with Gasteiger partial charge in [-0.1, -0.05) is 37.3 Å². The molecule has 2 N–H and O–H groups in total. The molecule has 0 fully saturated rings. The molecule has 0 aliphatic carbocycles. The Balaban J connectivity index is 2.50. The van der Waals surface area contributed by atoms with Crippen molar-refractivity contribution in [3.63, 3.8) is 0 Å². The van der Waals surface area contributed by atoms with E-state index in [1.165, 1.54) is 5.56 Å². The molecule has 13 heavy (non-hydrogen) atoms. The van der Waals surface area contributed by atoms with E-state index in [-0.39, 0.29) is 6.04 Å². The van der Waals surface area contributed by atoms with Gasteiger partial charge < -0.3 is 5.73 Å². The molecule has 1 aromatic carbocycles. The van der Waals surface area contributed by atoms with Crippen LogP contribution in [0.5, 0.6) is 0 Å². The third-order valence-electron chi connectivity index (χ3n) is 2.42. The SMILES string of the molecule is [CH2]C(Cc1ccccc1)C(N)CC. The largest absolute Gasteiger partial charge is 0.327 e. The van der Waals surface area contributed by atoms with Gasteiger partial charge in [-0.25, -0.2) is 0 Å². The first kappa shape index (κ1) is 10.3. The van der Waals surface area contributed by atoms with Crippen LogP contribution in [0.1, 0.15) is 18.9 Å². The van der Waals surface area contributed by atoms with E-state index >= 15 is 0 Å². The Morgan fingerprint density at radius 1 is 1.31 bits per heavy atom. The first-order valence-corrected chi connectivity index (χ1v) is 4.86. The van der Waals surface area contributed by atoms with Gasteiger partial charge in [0.2, 0.25) is 0 Å². The van der Waals surface area contributed by atoms with E-state index in [2.05, 4.69) is 38.1 Å². The van der Waals surface area contributed by atoms with Gasteiger partial charge in [0.25, 0.3) is 0 Å². The highest BCUT2D eigenvalue weighted by Crippen LogP contribution is 2.11. The zero-order chi connectivity index (χ0) is 9.68. The summed E-state index contributed by atoms with van der Waals surface area (Å²) in [5.74, 6) is 0.326. The molecule has 1 aromatic rings. The standard InChI is InChI=1S/C12H18N/c1-3-12(13)10(2)9-11-7-5-4-6-8-11/h4-8,10,12H,2-3,9,13H2,1H3. The van der Waals surface area contributed by atoms with Crippen molar-refractivity contribution < 1.29 is 0 Å². The number of nitrogens with two attached hydrogens (primary N) is 1. The summed E-state index contributed by atoms with van der Waals surface area (Å²) in [6.07, 6.45) is 1.98. The normalized spacial score (nSPS) is 15.3. The average molecular weight is 176 g/mol. The highest BCUT2D eigenvalue weighted by molar-refractivity contribution is 5.15. The van der Waals surface area contributed by atoms with Crippen LogP contribution in [-0.4, -0.2) is 6.04 Å². The molecule has 0 aliphatic rings. The van der Waals surface area contributed by atoms with Crippen molar-refractivity contribution in [2.75, 3.05) is 0 Å². The Labute approximate surface area is 81.0 Å². The molecule has 0 saturated carbocycles. The Kier molecular flexibility index (Phi) is 3.97. The van der Waals surface area contributed by atoms with Crippen molar-refractivity contribution in [3.05, 3.63) is 42.8 Å². The molecule has 0 aromatic heterocycles. The van der Waals surface area contributed by atoms with Crippen molar-refractivity contribution in [1.29, 1.82) is 0 Å². The lowest BCUT2D eigenvalue weighted by Crippen LogP contribution is -2.28. The minimum absolute atomic E-state index is 0.222. The van der Waals surface area contributed by atoms with Gasteiger partial charge in [0, 0.05) is 6.04 Å². The summed E-state index contributed by atoms with van der Waals surface area (Å²) in [5, 5.41) is 0. The van der Waals surface area contributed by atoms with Gasteiger partial charge in [-0.05, 0) is 31.2 Å². The smallest absolute Gasteiger partial charge is 0.00677 e. The van der Waals surface area contributed by atoms with Crippen LogP contribution in [-0.2, 0) is 6.42 Å². The van der Waals surface area contributed by atoms with Crippen LogP contribution in [0.4, 0.5) is 0 Å². The molecule has 1 nitrogen and oxygen atoms in total. The van der Waals surface area contributed by atoms with Crippen LogP contribution in [0, 0.1) is 12.8 Å². The third-order valence-corrected chi connectivity index (χ3v) is 2.42. The highest BCUT2D eigenvalue weighted by Gasteiger charge is 2.10. The lowest BCUT2D eigenvalue weighted by Gasteiger charge is -2.17. The molecule has 0 heterocycles. The maximum atomic E-state index is 5.90. The fourth-order valence-electron chi connectivity index (χ4n) is 1.40. The molecule has 0 aliphatic heterocycles. The molecule has 0 amide bonds. The summed E-state index contributed by atoms with van der Waals surface area (Å²) in [7, 11) is 0. The fourth-order valence-corrected chi connectivity index (χ4v) is 1.40. The maximum Gasteiger partial charge on any atom is 0.00677 e. The van der Waals surface area contributed by atoms with Crippen molar-refractivity contribution in [2.24, 2.45) is 11.7 Å². The second kappa shape index (κ2) is 5.03. The van der Waals surface area contributed by atoms with Crippen LogP contribution in [0.2, 0.25) is 0 Å². The number of rotatable bonds is 4. The molecule has 1 radical (unpaired) electrons. The van der Waals surface area contributed by atoms with Crippen LogP contribution < -0.4 is 5.73 Å². The lowest BCUT2D eigenvalue weighted by atomic mass is 9.93. The quantitative estimate of drug-likeness (QED) is 0.749. The van der Waals surface area contributed by atoms with E-state index in [1.54, 1.807) is 0 Å². The van der Waals surface area contributed by atoms with Crippen molar-refractivity contribution >= 4 is 0 Å². The molecular formula is C12H18N. The monoisotopic (exact) mass is 176 g/mol. The summed E-state index contributed by atoms with van der Waals surface area (Å²) < 4.78 is 0. The van der Waals surface area contributed by atoms with Gasteiger partial charge in [0.1, 0.15) is 0 Å². The lowest BCUT2D eigenvalue weighted by molar-refractivity contribution is 0.482. The summed E-state index contributed by atoms with van der Waals surface area (Å²) in [6, 6.07) is 10.6. The van der Waals surface area contributed by atoms with Gasteiger partial charge in [0.05, 0.1) is 0 Å².